The van der Waals surface area contributed by atoms with E-state index in [4.69, 9.17) is 14.2 Å². The molecule has 7 nitrogen and oxygen atoms in total. The minimum Gasteiger partial charge on any atom is -0.468 e. The molecule has 3 atom stereocenters. The average molecular weight is 490 g/mol. The van der Waals surface area contributed by atoms with Crippen molar-refractivity contribution in [2.24, 2.45) is 11.8 Å². The topological polar surface area (TPSA) is 90.9 Å². The predicted molar refractivity (Wildman–Crippen MR) is 135 cm³/mol. The smallest absolute Gasteiger partial charge is 0.336 e. The number of nitrogens with one attached hydrogen (secondary N) is 1. The molecule has 2 aromatic carbocycles. The van der Waals surface area contributed by atoms with Crippen LogP contribution in [0.2, 0.25) is 0 Å². The summed E-state index contributed by atoms with van der Waals surface area (Å²) in [7, 11) is 2.82. The second-order valence-electron chi connectivity index (χ2n) is 9.15. The second kappa shape index (κ2) is 10.9. The molecule has 1 aliphatic carbocycles. The van der Waals surface area contributed by atoms with Crippen molar-refractivity contribution >= 4 is 17.7 Å². The molecule has 0 amide bonds. The first kappa shape index (κ1) is 25.4. The zero-order valence-electron chi connectivity index (χ0n) is 21.0. The van der Waals surface area contributed by atoms with Crippen molar-refractivity contribution in [3.05, 3.63) is 82.7 Å². The fourth-order valence-electron chi connectivity index (χ4n) is 5.08. The van der Waals surface area contributed by atoms with Crippen molar-refractivity contribution in [2.75, 3.05) is 27.4 Å². The maximum absolute atomic E-state index is 13.8. The normalized spacial score (nSPS) is 21.6. The van der Waals surface area contributed by atoms with Crippen LogP contribution in [0.3, 0.4) is 0 Å². The van der Waals surface area contributed by atoms with Crippen LogP contribution in [0.4, 0.5) is 0 Å². The standard InChI is InChI=1S/C29H31NO6/c1-17-16-22-26(27(31)23(17)28(32)35-4)25(24(18(2)30-22)29(33)36-15-14-34-3)21-12-10-20(11-13-21)19-8-6-5-7-9-19/h5-13,17,23,25,30H,14-16H2,1-4H3/t17-,23-,25+/m0/s1. The summed E-state index contributed by atoms with van der Waals surface area (Å²) in [6, 6.07) is 17.8. The van der Waals surface area contributed by atoms with E-state index in [0.29, 0.717) is 23.3 Å². The van der Waals surface area contributed by atoms with Crippen molar-refractivity contribution in [3.63, 3.8) is 0 Å². The van der Waals surface area contributed by atoms with Crippen LogP contribution in [0.1, 0.15) is 31.7 Å². The van der Waals surface area contributed by atoms with Gasteiger partial charge >= 0.3 is 11.9 Å². The number of ketones is 1. The third-order valence-electron chi connectivity index (χ3n) is 6.83. The van der Waals surface area contributed by atoms with E-state index in [1.807, 2.05) is 68.4 Å². The summed E-state index contributed by atoms with van der Waals surface area (Å²) >= 11 is 0. The first-order valence-electron chi connectivity index (χ1n) is 12.0. The summed E-state index contributed by atoms with van der Waals surface area (Å²) in [5, 5.41) is 3.27. The Labute approximate surface area is 211 Å². The van der Waals surface area contributed by atoms with Crippen molar-refractivity contribution in [1.82, 2.24) is 5.32 Å². The van der Waals surface area contributed by atoms with Gasteiger partial charge < -0.3 is 19.5 Å². The van der Waals surface area contributed by atoms with E-state index in [1.165, 1.54) is 14.2 Å². The molecule has 36 heavy (non-hydrogen) atoms. The van der Waals surface area contributed by atoms with Gasteiger partial charge in [-0.15, -0.1) is 0 Å². The third kappa shape index (κ3) is 4.84. The Kier molecular flexibility index (Phi) is 7.70. The Morgan fingerprint density at radius 1 is 0.972 bits per heavy atom. The number of esters is 2. The lowest BCUT2D eigenvalue weighted by molar-refractivity contribution is -0.151. The molecule has 1 aliphatic heterocycles. The SMILES string of the molecule is COCCOC(=O)C1=C(C)NC2=C(C(=O)[C@@H](C(=O)OC)[C@@H](C)C2)[C@@H]1c1ccc(-c2ccccc2)cc1. The number of carbonyl (C=O) groups is 3. The second-order valence-corrected chi connectivity index (χ2v) is 9.15. The predicted octanol–water partition coefficient (Wildman–Crippen LogP) is 4.16. The van der Waals surface area contributed by atoms with Crippen LogP contribution in [-0.2, 0) is 28.6 Å². The fraction of sp³-hybridized carbons (Fsp3) is 0.345. The number of hydrogen-bond acceptors (Lipinski definition) is 7. The highest BCUT2D eigenvalue weighted by Gasteiger charge is 2.47. The van der Waals surface area contributed by atoms with Crippen LogP contribution in [-0.4, -0.2) is 45.2 Å². The van der Waals surface area contributed by atoms with Crippen molar-refractivity contribution in [3.8, 4) is 11.1 Å². The summed E-state index contributed by atoms with van der Waals surface area (Å²) in [5.41, 5.74) is 4.98. The Balaban J connectivity index is 1.80. The number of ether oxygens (including phenoxy) is 3. The van der Waals surface area contributed by atoms with E-state index < -0.39 is 23.8 Å². The van der Waals surface area contributed by atoms with Crippen LogP contribution in [0.25, 0.3) is 11.1 Å². The highest BCUT2D eigenvalue weighted by molar-refractivity contribution is 6.12. The zero-order chi connectivity index (χ0) is 25.8. The molecule has 0 saturated heterocycles. The lowest BCUT2D eigenvalue weighted by atomic mass is 9.69. The van der Waals surface area contributed by atoms with E-state index in [-0.39, 0.29) is 24.9 Å². The van der Waals surface area contributed by atoms with E-state index in [0.717, 1.165) is 22.4 Å². The Bertz CT molecular complexity index is 1210. The van der Waals surface area contributed by atoms with Crippen molar-refractivity contribution in [2.45, 2.75) is 26.2 Å². The highest BCUT2D eigenvalue weighted by atomic mass is 16.6. The lowest BCUT2D eigenvalue weighted by Crippen LogP contribution is -2.43. The fourth-order valence-corrected chi connectivity index (χ4v) is 5.08. The summed E-state index contributed by atoms with van der Waals surface area (Å²) in [6.45, 7) is 4.02. The number of rotatable bonds is 7. The molecule has 188 valence electrons. The number of methoxy groups -OCH3 is 2. The number of carbonyl (C=O) groups excluding carboxylic acids is 3. The lowest BCUT2D eigenvalue weighted by Gasteiger charge is -2.38. The van der Waals surface area contributed by atoms with Crippen molar-refractivity contribution < 1.29 is 28.6 Å². The van der Waals surface area contributed by atoms with E-state index in [9.17, 15) is 14.4 Å². The minimum absolute atomic E-state index is 0.0907. The Hall–Kier alpha value is -3.71. The molecule has 0 aromatic heterocycles. The van der Waals surface area contributed by atoms with Crippen LogP contribution in [0, 0.1) is 11.8 Å². The number of benzene rings is 2. The maximum Gasteiger partial charge on any atom is 0.336 e. The van der Waals surface area contributed by atoms with Gasteiger partial charge in [0, 0.05) is 30.0 Å². The van der Waals surface area contributed by atoms with Gasteiger partial charge in [-0.05, 0) is 36.0 Å². The van der Waals surface area contributed by atoms with E-state index in [1.54, 1.807) is 0 Å². The van der Waals surface area contributed by atoms with Gasteiger partial charge in [-0.2, -0.15) is 0 Å². The van der Waals surface area contributed by atoms with E-state index >= 15 is 0 Å². The molecular weight excluding hydrogens is 458 g/mol. The molecule has 0 saturated carbocycles. The highest BCUT2D eigenvalue weighted by Crippen LogP contribution is 2.45. The van der Waals surface area contributed by atoms with Gasteiger partial charge in [0.25, 0.3) is 0 Å². The van der Waals surface area contributed by atoms with Gasteiger partial charge in [-0.25, -0.2) is 4.79 Å². The molecule has 4 rings (SSSR count). The monoisotopic (exact) mass is 489 g/mol. The number of dihydropyridines is 1. The summed E-state index contributed by atoms with van der Waals surface area (Å²) in [4.78, 5) is 39.6. The molecule has 2 aliphatic rings. The average Bonchev–Trinajstić information content (AvgIpc) is 2.88. The van der Waals surface area contributed by atoms with Gasteiger partial charge in [-0.3, -0.25) is 9.59 Å². The Morgan fingerprint density at radius 2 is 1.64 bits per heavy atom. The first-order chi connectivity index (χ1) is 17.4. The van der Waals surface area contributed by atoms with Crippen LogP contribution >= 0.6 is 0 Å². The molecule has 0 fully saturated rings. The van der Waals surface area contributed by atoms with Gasteiger partial charge in [0.15, 0.2) is 5.78 Å². The zero-order valence-corrected chi connectivity index (χ0v) is 21.0. The molecule has 0 bridgehead atoms. The largest absolute Gasteiger partial charge is 0.468 e. The summed E-state index contributed by atoms with van der Waals surface area (Å²) < 4.78 is 15.5. The van der Waals surface area contributed by atoms with Gasteiger partial charge in [0.05, 0.1) is 19.3 Å². The van der Waals surface area contributed by atoms with Gasteiger partial charge in [0.1, 0.15) is 12.5 Å². The van der Waals surface area contributed by atoms with Crippen molar-refractivity contribution in [1.29, 1.82) is 0 Å². The molecule has 0 radical (unpaired) electrons. The van der Waals surface area contributed by atoms with Crippen LogP contribution < -0.4 is 5.32 Å². The molecule has 7 heteroatoms. The number of Topliss-reactive ketones (excluding diaryl/α,β-unsaturated/α-hetero) is 1. The maximum atomic E-state index is 13.8. The van der Waals surface area contributed by atoms with Crippen LogP contribution in [0.5, 0.6) is 0 Å². The van der Waals surface area contributed by atoms with Crippen LogP contribution in [0.15, 0.2) is 77.1 Å². The Morgan fingerprint density at radius 3 is 2.28 bits per heavy atom. The molecule has 2 aromatic rings. The summed E-state index contributed by atoms with van der Waals surface area (Å²) in [6.07, 6.45) is 0.489. The minimum atomic E-state index is -0.925. The van der Waals surface area contributed by atoms with Gasteiger partial charge in [0.2, 0.25) is 0 Å². The number of allylic oxidation sites excluding steroid dienone is 3. The molecule has 1 N–H and O–H groups in total. The molecular formula is C29H31NO6. The summed E-state index contributed by atoms with van der Waals surface area (Å²) in [5.74, 6) is -3.25. The molecule has 0 unspecified atom stereocenters. The van der Waals surface area contributed by atoms with E-state index in [2.05, 4.69) is 5.32 Å². The quantitative estimate of drug-likeness (QED) is 0.355. The first-order valence-corrected chi connectivity index (χ1v) is 12.0. The number of hydrogen-bond donors (Lipinski definition) is 1. The molecule has 1 heterocycles. The third-order valence-corrected chi connectivity index (χ3v) is 6.83. The molecule has 0 spiro atoms. The van der Waals surface area contributed by atoms with Gasteiger partial charge in [-0.1, -0.05) is 61.5 Å².